The molecule has 1 rings (SSSR count). The molecule has 0 saturated heterocycles. The number of hydrogen-bond donors (Lipinski definition) is 2. The van der Waals surface area contributed by atoms with E-state index in [4.69, 9.17) is 5.11 Å². The summed E-state index contributed by atoms with van der Waals surface area (Å²) in [4.78, 5) is 11.7. The van der Waals surface area contributed by atoms with Gasteiger partial charge in [0.25, 0.3) is 0 Å². The highest BCUT2D eigenvalue weighted by molar-refractivity contribution is 5.79. The van der Waals surface area contributed by atoms with E-state index in [-0.39, 0.29) is 24.5 Å². The van der Waals surface area contributed by atoms with Crippen LogP contribution >= 0.6 is 0 Å². The number of carbonyl (C=O) groups is 1. The highest BCUT2D eigenvalue weighted by Crippen LogP contribution is 2.31. The van der Waals surface area contributed by atoms with E-state index in [2.05, 4.69) is 5.32 Å². The van der Waals surface area contributed by atoms with E-state index in [0.717, 1.165) is 6.07 Å². The Morgan fingerprint density at radius 2 is 2.00 bits per heavy atom. The molecule has 112 valence electrons. The fourth-order valence-corrected chi connectivity index (χ4v) is 1.80. The number of benzene rings is 1. The molecule has 6 heteroatoms. The van der Waals surface area contributed by atoms with Crippen LogP contribution in [-0.4, -0.2) is 24.2 Å². The minimum atomic E-state index is -4.46. The zero-order chi connectivity index (χ0) is 15.2. The van der Waals surface area contributed by atoms with E-state index >= 15 is 0 Å². The van der Waals surface area contributed by atoms with Crippen molar-refractivity contribution in [1.29, 1.82) is 0 Å². The summed E-state index contributed by atoms with van der Waals surface area (Å²) >= 11 is 0. The molecule has 0 heterocycles. The molecule has 1 aromatic rings. The molecule has 1 aromatic carbocycles. The molecule has 3 nitrogen and oxygen atoms in total. The van der Waals surface area contributed by atoms with Crippen molar-refractivity contribution in [3.8, 4) is 0 Å². The van der Waals surface area contributed by atoms with Crippen molar-refractivity contribution < 1.29 is 23.1 Å². The van der Waals surface area contributed by atoms with Crippen LogP contribution in [0.25, 0.3) is 0 Å². The fraction of sp³-hybridized carbons (Fsp3) is 0.500. The lowest BCUT2D eigenvalue weighted by Crippen LogP contribution is -2.30. The molecule has 0 aliphatic rings. The average molecular weight is 289 g/mol. The second-order valence-corrected chi connectivity index (χ2v) is 4.75. The zero-order valence-electron chi connectivity index (χ0n) is 11.2. The van der Waals surface area contributed by atoms with Crippen LogP contribution in [-0.2, 0) is 17.4 Å². The van der Waals surface area contributed by atoms with Crippen molar-refractivity contribution in [2.75, 3.05) is 13.2 Å². The Morgan fingerprint density at radius 3 is 2.60 bits per heavy atom. The van der Waals surface area contributed by atoms with Crippen LogP contribution < -0.4 is 5.32 Å². The van der Waals surface area contributed by atoms with E-state index in [1.165, 1.54) is 18.2 Å². The Balaban J connectivity index is 2.63. The number of nitrogens with one attached hydrogen (secondary N) is 1. The second kappa shape index (κ2) is 7.28. The molecule has 0 aromatic heterocycles. The lowest BCUT2D eigenvalue weighted by molar-refractivity contribution is -0.138. The van der Waals surface area contributed by atoms with Gasteiger partial charge in [0.05, 0.1) is 12.0 Å². The molecule has 0 aliphatic heterocycles. The van der Waals surface area contributed by atoms with Gasteiger partial charge in [0.2, 0.25) is 5.91 Å². The van der Waals surface area contributed by atoms with Gasteiger partial charge in [-0.3, -0.25) is 4.79 Å². The normalized spacial score (nSPS) is 13.1. The van der Waals surface area contributed by atoms with Crippen LogP contribution in [0.4, 0.5) is 13.2 Å². The maximum absolute atomic E-state index is 12.8. The van der Waals surface area contributed by atoms with Gasteiger partial charge >= 0.3 is 6.18 Å². The van der Waals surface area contributed by atoms with Crippen LogP contribution in [0.3, 0.4) is 0 Å². The van der Waals surface area contributed by atoms with Gasteiger partial charge in [0.15, 0.2) is 0 Å². The molecule has 20 heavy (non-hydrogen) atoms. The maximum Gasteiger partial charge on any atom is 0.416 e. The Hall–Kier alpha value is -1.56. The molecule has 0 spiro atoms. The minimum Gasteiger partial charge on any atom is -0.396 e. The highest BCUT2D eigenvalue weighted by Gasteiger charge is 2.33. The molecule has 1 unspecified atom stereocenters. The first kappa shape index (κ1) is 16.5. The van der Waals surface area contributed by atoms with Crippen molar-refractivity contribution in [1.82, 2.24) is 5.32 Å². The zero-order valence-corrected chi connectivity index (χ0v) is 11.2. The average Bonchev–Trinajstić information content (AvgIpc) is 2.36. The van der Waals surface area contributed by atoms with Gasteiger partial charge < -0.3 is 10.4 Å². The fourth-order valence-electron chi connectivity index (χ4n) is 1.80. The molecular weight excluding hydrogens is 271 g/mol. The largest absolute Gasteiger partial charge is 0.416 e. The van der Waals surface area contributed by atoms with Crippen LogP contribution in [0.5, 0.6) is 0 Å². The van der Waals surface area contributed by atoms with Gasteiger partial charge in [-0.15, -0.1) is 0 Å². The Morgan fingerprint density at radius 1 is 1.35 bits per heavy atom. The number of amides is 1. The van der Waals surface area contributed by atoms with E-state index in [0.29, 0.717) is 13.0 Å². The van der Waals surface area contributed by atoms with Crippen LogP contribution in [0.2, 0.25) is 0 Å². The number of carbonyl (C=O) groups excluding carboxylic acids is 1. The molecular formula is C14H18F3NO2. The summed E-state index contributed by atoms with van der Waals surface area (Å²) in [7, 11) is 0. The van der Waals surface area contributed by atoms with E-state index in [1.807, 2.05) is 6.92 Å². The molecule has 0 saturated carbocycles. The van der Waals surface area contributed by atoms with Crippen molar-refractivity contribution in [3.05, 3.63) is 35.4 Å². The summed E-state index contributed by atoms with van der Waals surface area (Å²) in [5.74, 6) is -0.367. The van der Waals surface area contributed by atoms with Crippen LogP contribution in [0.1, 0.15) is 24.5 Å². The Labute approximate surface area is 115 Å². The maximum atomic E-state index is 12.8. The third-order valence-electron chi connectivity index (χ3n) is 2.94. The molecule has 0 radical (unpaired) electrons. The summed E-state index contributed by atoms with van der Waals surface area (Å²) in [6, 6.07) is 5.05. The molecule has 0 aliphatic carbocycles. The number of aliphatic hydroxyl groups excluding tert-OH is 1. The van der Waals surface area contributed by atoms with Crippen LogP contribution in [0.15, 0.2) is 24.3 Å². The standard InChI is InChI=1S/C14H18F3NO2/c1-10(6-7-19)9-18-13(20)8-11-4-2-3-5-12(11)14(15,16)17/h2-5,10,19H,6-9H2,1H3,(H,18,20). The number of aliphatic hydroxyl groups is 1. The number of hydrogen-bond acceptors (Lipinski definition) is 2. The number of alkyl halides is 3. The summed E-state index contributed by atoms with van der Waals surface area (Å²) < 4.78 is 38.3. The van der Waals surface area contributed by atoms with Gasteiger partial charge in [-0.1, -0.05) is 25.1 Å². The summed E-state index contributed by atoms with van der Waals surface area (Å²) in [6.45, 7) is 2.21. The minimum absolute atomic E-state index is 0.0218. The summed E-state index contributed by atoms with van der Waals surface area (Å²) in [5, 5.41) is 11.3. The molecule has 1 atom stereocenters. The van der Waals surface area contributed by atoms with Crippen molar-refractivity contribution in [3.63, 3.8) is 0 Å². The predicted molar refractivity (Wildman–Crippen MR) is 69.0 cm³/mol. The molecule has 0 fully saturated rings. The SMILES string of the molecule is CC(CCO)CNC(=O)Cc1ccccc1C(F)(F)F. The summed E-state index contributed by atoms with van der Waals surface area (Å²) in [5.41, 5.74) is -0.814. The smallest absolute Gasteiger partial charge is 0.396 e. The number of rotatable bonds is 6. The van der Waals surface area contributed by atoms with Gasteiger partial charge in [-0.2, -0.15) is 13.2 Å². The van der Waals surface area contributed by atoms with Gasteiger partial charge in [-0.05, 0) is 24.0 Å². The lowest BCUT2D eigenvalue weighted by Gasteiger charge is -2.14. The van der Waals surface area contributed by atoms with Gasteiger partial charge in [0, 0.05) is 13.2 Å². The first-order chi connectivity index (χ1) is 9.34. The van der Waals surface area contributed by atoms with Crippen molar-refractivity contribution in [2.24, 2.45) is 5.92 Å². The monoisotopic (exact) mass is 289 g/mol. The molecule has 0 bridgehead atoms. The van der Waals surface area contributed by atoms with Gasteiger partial charge in [-0.25, -0.2) is 0 Å². The first-order valence-electron chi connectivity index (χ1n) is 6.37. The number of halogens is 3. The molecule has 1 amide bonds. The Kier molecular flexibility index (Phi) is 6.01. The third-order valence-corrected chi connectivity index (χ3v) is 2.94. The second-order valence-electron chi connectivity index (χ2n) is 4.75. The third kappa shape index (κ3) is 5.21. The quantitative estimate of drug-likeness (QED) is 0.844. The van der Waals surface area contributed by atoms with E-state index < -0.39 is 17.6 Å². The Bertz CT molecular complexity index is 446. The predicted octanol–water partition coefficient (Wildman–Crippen LogP) is 2.38. The van der Waals surface area contributed by atoms with Crippen LogP contribution in [0, 0.1) is 5.92 Å². The van der Waals surface area contributed by atoms with Crippen molar-refractivity contribution in [2.45, 2.75) is 25.9 Å². The highest BCUT2D eigenvalue weighted by atomic mass is 19.4. The van der Waals surface area contributed by atoms with Crippen molar-refractivity contribution >= 4 is 5.91 Å². The topological polar surface area (TPSA) is 49.3 Å². The first-order valence-corrected chi connectivity index (χ1v) is 6.37. The lowest BCUT2D eigenvalue weighted by atomic mass is 10.0. The van der Waals surface area contributed by atoms with E-state index in [9.17, 15) is 18.0 Å². The van der Waals surface area contributed by atoms with E-state index in [1.54, 1.807) is 0 Å². The molecule has 2 N–H and O–H groups in total. The van der Waals surface area contributed by atoms with Gasteiger partial charge in [0.1, 0.15) is 0 Å². The summed E-state index contributed by atoms with van der Waals surface area (Å²) in [6.07, 6.45) is -4.22.